The van der Waals surface area contributed by atoms with Gasteiger partial charge in [0.05, 0.1) is 12.8 Å². The van der Waals surface area contributed by atoms with E-state index in [-0.39, 0.29) is 24.5 Å². The molecule has 0 aliphatic rings. The summed E-state index contributed by atoms with van der Waals surface area (Å²) in [6.07, 6.45) is 1.89. The number of hydrogen-bond donors (Lipinski definition) is 1. The summed E-state index contributed by atoms with van der Waals surface area (Å²) in [5.74, 6) is -0.289. The Bertz CT molecular complexity index is 568. The van der Waals surface area contributed by atoms with Gasteiger partial charge in [0.15, 0.2) is 0 Å². The number of amides is 1. The van der Waals surface area contributed by atoms with Crippen LogP contribution in [0.1, 0.15) is 32.8 Å². The summed E-state index contributed by atoms with van der Waals surface area (Å²) < 4.78 is 24.9. The topological polar surface area (TPSA) is 66.5 Å². The third kappa shape index (κ3) is 6.27. The zero-order chi connectivity index (χ0) is 16.1. The van der Waals surface area contributed by atoms with E-state index in [1.54, 1.807) is 0 Å². The van der Waals surface area contributed by atoms with Crippen molar-refractivity contribution in [1.82, 2.24) is 9.62 Å². The molecule has 1 aromatic carbocycles. The predicted molar refractivity (Wildman–Crippen MR) is 84.2 cm³/mol. The summed E-state index contributed by atoms with van der Waals surface area (Å²) in [5, 5.41) is 2.85. The first kappa shape index (κ1) is 17.7. The van der Waals surface area contributed by atoms with Gasteiger partial charge < -0.3 is 5.32 Å². The molecule has 0 fully saturated rings. The maximum absolute atomic E-state index is 12.0. The van der Waals surface area contributed by atoms with Crippen molar-refractivity contribution in [3.05, 3.63) is 35.9 Å². The predicted octanol–water partition coefficient (Wildman–Crippen LogP) is 1.75. The van der Waals surface area contributed by atoms with Gasteiger partial charge in [0.25, 0.3) is 0 Å². The minimum Gasteiger partial charge on any atom is -0.350 e. The van der Waals surface area contributed by atoms with E-state index in [1.165, 1.54) is 4.31 Å². The number of benzene rings is 1. The molecule has 0 atom stereocenters. The first-order valence-corrected chi connectivity index (χ1v) is 8.79. The summed E-state index contributed by atoms with van der Waals surface area (Å²) in [7, 11) is -3.45. The SMILES string of the molecule is CCC(C)(C)NC(=O)CN(Cc1ccccc1)S(C)(=O)=O. The Morgan fingerprint density at radius 2 is 1.81 bits per heavy atom. The molecule has 0 spiro atoms. The van der Waals surface area contributed by atoms with Crippen molar-refractivity contribution in [3.63, 3.8) is 0 Å². The molecule has 5 nitrogen and oxygen atoms in total. The Hall–Kier alpha value is -1.40. The highest BCUT2D eigenvalue weighted by Gasteiger charge is 2.24. The lowest BCUT2D eigenvalue weighted by Crippen LogP contribution is -2.48. The lowest BCUT2D eigenvalue weighted by Gasteiger charge is -2.27. The molecule has 0 heterocycles. The summed E-state index contributed by atoms with van der Waals surface area (Å²) >= 11 is 0. The van der Waals surface area contributed by atoms with Crippen molar-refractivity contribution >= 4 is 15.9 Å². The average molecular weight is 312 g/mol. The minimum atomic E-state index is -3.45. The Morgan fingerprint density at radius 3 is 2.29 bits per heavy atom. The van der Waals surface area contributed by atoms with Crippen LogP contribution in [0.4, 0.5) is 0 Å². The van der Waals surface area contributed by atoms with Crippen LogP contribution in [-0.4, -0.2) is 37.0 Å². The minimum absolute atomic E-state index is 0.169. The zero-order valence-electron chi connectivity index (χ0n) is 13.1. The average Bonchev–Trinajstić information content (AvgIpc) is 2.37. The summed E-state index contributed by atoms with van der Waals surface area (Å²) in [6, 6.07) is 9.23. The van der Waals surface area contributed by atoms with Crippen LogP contribution in [0, 0.1) is 0 Å². The Morgan fingerprint density at radius 1 is 1.24 bits per heavy atom. The quantitative estimate of drug-likeness (QED) is 0.834. The highest BCUT2D eigenvalue weighted by atomic mass is 32.2. The Kier molecular flexibility index (Phi) is 5.92. The maximum atomic E-state index is 12.0. The van der Waals surface area contributed by atoms with Gasteiger partial charge in [0.2, 0.25) is 15.9 Å². The van der Waals surface area contributed by atoms with Gasteiger partial charge >= 0.3 is 0 Å². The maximum Gasteiger partial charge on any atom is 0.235 e. The number of nitrogens with zero attached hydrogens (tertiary/aromatic N) is 1. The second-order valence-electron chi connectivity index (χ2n) is 5.80. The molecule has 1 N–H and O–H groups in total. The number of carbonyl (C=O) groups excluding carboxylic acids is 1. The van der Waals surface area contributed by atoms with Crippen molar-refractivity contribution in [3.8, 4) is 0 Å². The molecule has 0 bridgehead atoms. The molecule has 0 saturated heterocycles. The van der Waals surface area contributed by atoms with Crippen molar-refractivity contribution in [2.75, 3.05) is 12.8 Å². The largest absolute Gasteiger partial charge is 0.350 e. The van der Waals surface area contributed by atoms with E-state index in [9.17, 15) is 13.2 Å². The molecular formula is C15H24N2O3S. The molecule has 1 amide bonds. The summed E-state index contributed by atoms with van der Waals surface area (Å²) in [6.45, 7) is 5.81. The summed E-state index contributed by atoms with van der Waals surface area (Å²) in [4.78, 5) is 12.0. The van der Waals surface area contributed by atoms with Gasteiger partial charge in [0.1, 0.15) is 0 Å². The van der Waals surface area contributed by atoms with Gasteiger partial charge in [-0.15, -0.1) is 0 Å². The van der Waals surface area contributed by atoms with Gasteiger partial charge in [-0.3, -0.25) is 4.79 Å². The Labute approximate surface area is 127 Å². The van der Waals surface area contributed by atoms with Crippen LogP contribution in [0.3, 0.4) is 0 Å². The molecular weight excluding hydrogens is 288 g/mol. The molecule has 118 valence electrons. The van der Waals surface area contributed by atoms with Crippen LogP contribution in [0.25, 0.3) is 0 Å². The fourth-order valence-corrected chi connectivity index (χ4v) is 2.48. The van der Waals surface area contributed by atoms with Crippen LogP contribution < -0.4 is 5.32 Å². The van der Waals surface area contributed by atoms with Crippen LogP contribution in [-0.2, 0) is 21.4 Å². The van der Waals surface area contributed by atoms with Crippen molar-refractivity contribution in [1.29, 1.82) is 0 Å². The molecule has 6 heteroatoms. The number of hydrogen-bond acceptors (Lipinski definition) is 3. The molecule has 0 aromatic heterocycles. The first-order valence-electron chi connectivity index (χ1n) is 6.94. The smallest absolute Gasteiger partial charge is 0.235 e. The van der Waals surface area contributed by atoms with E-state index in [0.29, 0.717) is 0 Å². The van der Waals surface area contributed by atoms with E-state index in [0.717, 1.165) is 18.2 Å². The van der Waals surface area contributed by atoms with Crippen LogP contribution in [0.2, 0.25) is 0 Å². The van der Waals surface area contributed by atoms with Crippen molar-refractivity contribution in [2.45, 2.75) is 39.3 Å². The third-order valence-electron chi connectivity index (χ3n) is 3.35. The second kappa shape index (κ2) is 7.04. The van der Waals surface area contributed by atoms with E-state index < -0.39 is 10.0 Å². The first-order chi connectivity index (χ1) is 9.64. The molecule has 21 heavy (non-hydrogen) atoms. The molecule has 0 radical (unpaired) electrons. The second-order valence-corrected chi connectivity index (χ2v) is 7.78. The molecule has 0 saturated carbocycles. The van der Waals surface area contributed by atoms with Gasteiger partial charge in [-0.05, 0) is 25.8 Å². The fraction of sp³-hybridized carbons (Fsp3) is 0.533. The highest BCUT2D eigenvalue weighted by molar-refractivity contribution is 7.88. The molecule has 0 aliphatic heterocycles. The Balaban J connectivity index is 2.79. The third-order valence-corrected chi connectivity index (χ3v) is 4.55. The molecule has 0 aliphatic carbocycles. The van der Waals surface area contributed by atoms with E-state index in [2.05, 4.69) is 5.32 Å². The standard InChI is InChI=1S/C15H24N2O3S/c1-5-15(2,3)16-14(18)12-17(21(4,19)20)11-13-9-7-6-8-10-13/h6-10H,5,11-12H2,1-4H3,(H,16,18). The molecule has 1 aromatic rings. The van der Waals surface area contributed by atoms with Crippen LogP contribution in [0.15, 0.2) is 30.3 Å². The van der Waals surface area contributed by atoms with E-state index in [1.807, 2.05) is 51.1 Å². The lowest BCUT2D eigenvalue weighted by atomic mass is 10.0. The van der Waals surface area contributed by atoms with Gasteiger partial charge in [-0.2, -0.15) is 4.31 Å². The number of carbonyl (C=O) groups is 1. The number of sulfonamides is 1. The number of rotatable bonds is 7. The fourth-order valence-electron chi connectivity index (χ4n) is 1.74. The van der Waals surface area contributed by atoms with Crippen LogP contribution >= 0.6 is 0 Å². The van der Waals surface area contributed by atoms with Crippen LogP contribution in [0.5, 0.6) is 0 Å². The van der Waals surface area contributed by atoms with E-state index >= 15 is 0 Å². The summed E-state index contributed by atoms with van der Waals surface area (Å²) in [5.41, 5.74) is 0.512. The zero-order valence-corrected chi connectivity index (χ0v) is 13.9. The molecule has 0 unspecified atom stereocenters. The molecule has 1 rings (SSSR count). The normalized spacial score (nSPS) is 12.4. The van der Waals surface area contributed by atoms with Gasteiger partial charge in [-0.1, -0.05) is 37.3 Å². The monoisotopic (exact) mass is 312 g/mol. The lowest BCUT2D eigenvalue weighted by molar-refractivity contribution is -0.123. The van der Waals surface area contributed by atoms with Crippen molar-refractivity contribution in [2.24, 2.45) is 0 Å². The van der Waals surface area contributed by atoms with E-state index in [4.69, 9.17) is 0 Å². The van der Waals surface area contributed by atoms with Gasteiger partial charge in [0, 0.05) is 12.1 Å². The highest BCUT2D eigenvalue weighted by Crippen LogP contribution is 2.10. The van der Waals surface area contributed by atoms with Gasteiger partial charge in [-0.25, -0.2) is 8.42 Å². The van der Waals surface area contributed by atoms with Crippen molar-refractivity contribution < 1.29 is 13.2 Å². The number of nitrogens with one attached hydrogen (secondary N) is 1.